The van der Waals surface area contributed by atoms with Crippen molar-refractivity contribution in [2.45, 2.75) is 69.8 Å². The van der Waals surface area contributed by atoms with Crippen LogP contribution in [0.25, 0.3) is 0 Å². The van der Waals surface area contributed by atoms with Crippen molar-refractivity contribution < 1.29 is 58.3 Å². The molecule has 3 aliphatic carbocycles. The van der Waals surface area contributed by atoms with Crippen molar-refractivity contribution in [1.29, 1.82) is 0 Å². The van der Waals surface area contributed by atoms with Crippen molar-refractivity contribution in [3.8, 4) is 5.75 Å². The Morgan fingerprint density at radius 3 is 1.85 bits per heavy atom. The van der Waals surface area contributed by atoms with E-state index in [0.29, 0.717) is 49.2 Å². The summed E-state index contributed by atoms with van der Waals surface area (Å²) in [5.41, 5.74) is 13.3. The highest BCUT2D eigenvalue weighted by atomic mass is 16.5. The standard InChI is InChI=1S/C49H83N13O12/c1-48-13-11-38-37-10-8-36(64)27-35(37)7-9-39(38)40(48)12-14-49(48,71)41(50)29-62(53)18-5-15-54-28-43(66)58(19-23-63)32-47(70)60(21-25-73-3)33-44(67)57(17-6-16-55-56-52)31-46(69)61(22-26-74-4)34-45(68)59(20-24-72-2)30-42(51)65/h8,10,27,29,38-40,54,63-64,71H,5-7,9,11-26,28,30-34,50,53H2,1-4H3,(H2,51,65)(H2,52,55)/b41-29-. The highest BCUT2D eigenvalue weighted by Gasteiger charge is 2.62. The Bertz CT molecular complexity index is 2080. The van der Waals surface area contributed by atoms with Crippen molar-refractivity contribution in [3.05, 3.63) is 41.2 Å². The van der Waals surface area contributed by atoms with Crippen LogP contribution in [-0.4, -0.2) is 225 Å². The van der Waals surface area contributed by atoms with Crippen LogP contribution in [0.15, 0.2) is 40.4 Å². The van der Waals surface area contributed by atoms with Gasteiger partial charge in [-0.05, 0) is 98.9 Å². The Kier molecular flexibility index (Phi) is 24.7. The molecule has 1 aromatic carbocycles. The molecule has 2 fully saturated rings. The number of methoxy groups -OCH3 is 3. The van der Waals surface area contributed by atoms with Crippen LogP contribution in [-0.2, 0) is 49.4 Å². The third kappa shape index (κ3) is 16.7. The van der Waals surface area contributed by atoms with Crippen LogP contribution in [0.3, 0.4) is 0 Å². The van der Waals surface area contributed by atoms with Gasteiger partial charge in [-0.1, -0.05) is 18.2 Å². The smallest absolute Gasteiger partial charge is 0.242 e. The number of hydrogen-bond acceptors (Lipinski definition) is 18. The normalized spacial score (nSPS) is 21.1. The molecule has 2 saturated carbocycles. The molecule has 4 rings (SSSR count). The van der Waals surface area contributed by atoms with Crippen molar-refractivity contribution in [1.82, 2.24) is 34.8 Å². The molecule has 6 amide bonds. The summed E-state index contributed by atoms with van der Waals surface area (Å²) >= 11 is 0. The first-order valence-corrected chi connectivity index (χ1v) is 25.4. The molecule has 0 aromatic heterocycles. The zero-order valence-corrected chi connectivity index (χ0v) is 43.8. The van der Waals surface area contributed by atoms with Gasteiger partial charge in [0.05, 0.1) is 77.9 Å². The average molecular weight is 1050 g/mol. The van der Waals surface area contributed by atoms with Gasteiger partial charge in [-0.3, -0.25) is 28.8 Å². The van der Waals surface area contributed by atoms with E-state index in [1.54, 1.807) is 12.3 Å². The molecule has 0 heterocycles. The van der Waals surface area contributed by atoms with Gasteiger partial charge < -0.3 is 81.7 Å². The number of carbonyl (C=O) groups excluding carboxylic acids is 6. The fourth-order valence-corrected chi connectivity index (χ4v) is 10.9. The Morgan fingerprint density at radius 2 is 1.31 bits per heavy atom. The molecule has 74 heavy (non-hydrogen) atoms. The Balaban J connectivity index is 1.33. The second-order valence-electron chi connectivity index (χ2n) is 19.6. The van der Waals surface area contributed by atoms with E-state index in [9.17, 15) is 44.1 Å². The predicted molar refractivity (Wildman–Crippen MR) is 272 cm³/mol. The van der Waals surface area contributed by atoms with Crippen LogP contribution >= 0.6 is 0 Å². The number of nitrogens with two attached hydrogens (primary N) is 4. The zero-order valence-electron chi connectivity index (χ0n) is 43.8. The van der Waals surface area contributed by atoms with E-state index in [1.165, 1.54) is 57.1 Å². The van der Waals surface area contributed by atoms with E-state index in [4.69, 9.17) is 37.4 Å². The highest BCUT2D eigenvalue weighted by Crippen LogP contribution is 2.65. The molecule has 5 atom stereocenters. The molecule has 1 aromatic rings. The van der Waals surface area contributed by atoms with Gasteiger partial charge >= 0.3 is 0 Å². The number of primary amides is 1. The topological polar surface area (TPSA) is 351 Å². The van der Waals surface area contributed by atoms with Crippen LogP contribution in [0, 0.1) is 17.3 Å². The third-order valence-electron chi connectivity index (χ3n) is 14.9. The largest absolute Gasteiger partial charge is 0.508 e. The van der Waals surface area contributed by atoms with Gasteiger partial charge in [0.1, 0.15) is 11.4 Å². The number of hydrazine groups is 1. The van der Waals surface area contributed by atoms with Gasteiger partial charge in [-0.15, -0.1) is 0 Å². The van der Waals surface area contributed by atoms with E-state index >= 15 is 0 Å². The van der Waals surface area contributed by atoms with E-state index < -0.39 is 85.8 Å². The lowest BCUT2D eigenvalue weighted by Crippen LogP contribution is -2.53. The van der Waals surface area contributed by atoms with Crippen molar-refractivity contribution in [2.75, 3.05) is 139 Å². The van der Waals surface area contributed by atoms with Crippen LogP contribution in [0.1, 0.15) is 68.9 Å². The SMILES string of the molecule is COCCN(CC(N)=O)C(=O)CN(CCOC)C(=O)CN(CCCN=NN)C(=O)CN(CCOC)C(=O)CN(CCO)C(=O)CNCCCN(N)/C=C(\N)C1(O)CCC2C3CCc4cc(O)ccc4C3CCC21C. The Morgan fingerprint density at radius 1 is 0.757 bits per heavy atom. The van der Waals surface area contributed by atoms with Gasteiger partial charge in [-0.2, -0.15) is 5.11 Å². The first kappa shape index (κ1) is 60.9. The number of hydrogen-bond donors (Lipinski definition) is 8. The molecule has 25 nitrogen and oxygen atoms in total. The van der Waals surface area contributed by atoms with Crippen molar-refractivity contribution in [3.63, 3.8) is 0 Å². The number of amides is 6. The quantitative estimate of drug-likeness (QED) is 0.0167. The maximum absolute atomic E-state index is 14.0. The second kappa shape index (κ2) is 30.0. The van der Waals surface area contributed by atoms with Gasteiger partial charge in [-0.25, -0.2) is 5.84 Å². The predicted octanol–water partition coefficient (Wildman–Crippen LogP) is -1.79. The Labute approximate surface area is 434 Å². The number of fused-ring (bicyclic) bond motifs is 5. The number of ether oxygens (including phenoxy) is 3. The number of aryl methyl sites for hydroxylation is 1. The lowest BCUT2D eigenvalue weighted by Gasteiger charge is -2.53. The molecule has 416 valence electrons. The summed E-state index contributed by atoms with van der Waals surface area (Å²) in [6.07, 6.45) is 7.35. The van der Waals surface area contributed by atoms with Gasteiger partial charge in [0, 0.05) is 72.2 Å². The summed E-state index contributed by atoms with van der Waals surface area (Å²) in [5.74, 6) is 9.23. The summed E-state index contributed by atoms with van der Waals surface area (Å²) < 4.78 is 15.4. The molecule has 0 radical (unpaired) electrons. The number of benzene rings is 1. The highest BCUT2D eigenvalue weighted by molar-refractivity contribution is 5.92. The number of nitrogens with zero attached hydrogens (tertiary/aromatic N) is 8. The molecule has 5 unspecified atom stereocenters. The van der Waals surface area contributed by atoms with Crippen LogP contribution in [0.5, 0.6) is 5.75 Å². The first-order valence-electron chi connectivity index (χ1n) is 25.4. The van der Waals surface area contributed by atoms with Gasteiger partial charge in [0.15, 0.2) is 0 Å². The molecule has 12 N–H and O–H groups in total. The number of aliphatic hydroxyl groups is 2. The van der Waals surface area contributed by atoms with E-state index in [0.717, 1.165) is 37.0 Å². The van der Waals surface area contributed by atoms with Crippen molar-refractivity contribution in [2.24, 2.45) is 50.7 Å². The van der Waals surface area contributed by atoms with E-state index in [-0.39, 0.29) is 78.0 Å². The van der Waals surface area contributed by atoms with Crippen LogP contribution < -0.4 is 28.5 Å². The number of carbonyl (C=O) groups is 6. The van der Waals surface area contributed by atoms with Crippen LogP contribution in [0.2, 0.25) is 0 Å². The van der Waals surface area contributed by atoms with Gasteiger partial charge in [0.25, 0.3) is 0 Å². The number of aromatic hydroxyl groups is 1. The first-order chi connectivity index (χ1) is 35.4. The number of phenols is 1. The summed E-state index contributed by atoms with van der Waals surface area (Å²) in [7, 11) is 4.27. The molecule has 0 saturated heterocycles. The average Bonchev–Trinajstić information content (AvgIpc) is 3.65. The zero-order chi connectivity index (χ0) is 54.4. The molecule has 0 bridgehead atoms. The lowest BCUT2D eigenvalue weighted by molar-refractivity contribution is -0.148. The summed E-state index contributed by atoms with van der Waals surface area (Å²) in [4.78, 5) is 86.2. The minimum absolute atomic E-state index is 0.0107. The number of nitrogens with one attached hydrogen (secondary N) is 1. The molecule has 25 heteroatoms. The monoisotopic (exact) mass is 1050 g/mol. The third-order valence-corrected chi connectivity index (χ3v) is 14.9. The maximum atomic E-state index is 14.0. The number of aliphatic hydroxyl groups excluding tert-OH is 1. The molecular weight excluding hydrogens is 963 g/mol. The van der Waals surface area contributed by atoms with E-state index in [1.807, 2.05) is 6.07 Å². The summed E-state index contributed by atoms with van der Waals surface area (Å²) in [5, 5.41) is 43.7. The molecule has 0 aliphatic heterocycles. The maximum Gasteiger partial charge on any atom is 0.242 e. The molecule has 0 spiro atoms. The lowest BCUT2D eigenvalue weighted by atomic mass is 9.53. The van der Waals surface area contributed by atoms with Crippen LogP contribution in [0.4, 0.5) is 0 Å². The fourth-order valence-electron chi connectivity index (χ4n) is 10.9. The molecular formula is C49H83N13O12. The number of phenolic OH excluding ortho intramolecular Hbond substituents is 1. The fraction of sp³-hybridized carbons (Fsp3) is 0.714. The second-order valence-corrected chi connectivity index (χ2v) is 19.6. The summed E-state index contributed by atoms with van der Waals surface area (Å²) in [6, 6.07) is 5.72. The molecule has 3 aliphatic rings. The van der Waals surface area contributed by atoms with Gasteiger partial charge in [0.2, 0.25) is 35.4 Å². The van der Waals surface area contributed by atoms with E-state index in [2.05, 4.69) is 28.6 Å². The van der Waals surface area contributed by atoms with Crippen molar-refractivity contribution >= 4 is 35.4 Å². The summed E-state index contributed by atoms with van der Waals surface area (Å²) in [6.45, 7) is -0.0256. The minimum atomic E-state index is -1.23. The number of rotatable bonds is 33. The minimum Gasteiger partial charge on any atom is -0.508 e. The Hall–Kier alpha value is -5.70.